The third-order valence-electron chi connectivity index (χ3n) is 6.51. The number of fused-ring (bicyclic) bond motifs is 1. The first-order chi connectivity index (χ1) is 15.7. The zero-order chi connectivity index (χ0) is 23.2. The van der Waals surface area contributed by atoms with Crippen LogP contribution < -0.4 is 4.74 Å². The molecule has 0 unspecified atom stereocenters. The molecular formula is C22H25F3N4O3S. The van der Waals surface area contributed by atoms with E-state index in [-0.39, 0.29) is 23.6 Å². The second kappa shape index (κ2) is 8.52. The highest BCUT2D eigenvalue weighted by atomic mass is 32.2. The van der Waals surface area contributed by atoms with Crippen LogP contribution >= 0.6 is 0 Å². The highest BCUT2D eigenvalue weighted by Crippen LogP contribution is 2.38. The van der Waals surface area contributed by atoms with E-state index in [4.69, 9.17) is 4.74 Å². The van der Waals surface area contributed by atoms with Crippen molar-refractivity contribution in [1.82, 2.24) is 19.2 Å². The van der Waals surface area contributed by atoms with Gasteiger partial charge in [-0.15, -0.1) is 0 Å². The molecule has 33 heavy (non-hydrogen) atoms. The molecule has 2 saturated heterocycles. The number of alkyl halides is 3. The topological polar surface area (TPSA) is 75.6 Å². The molecule has 0 N–H and O–H groups in total. The first kappa shape index (κ1) is 22.5. The van der Waals surface area contributed by atoms with E-state index >= 15 is 0 Å². The summed E-state index contributed by atoms with van der Waals surface area (Å²) in [5.41, 5.74) is 0.124. The smallest absolute Gasteiger partial charge is 0.416 e. The maximum Gasteiger partial charge on any atom is 0.416 e. The van der Waals surface area contributed by atoms with Crippen LogP contribution in [0.2, 0.25) is 0 Å². The second-order valence-electron chi connectivity index (χ2n) is 8.92. The molecule has 1 aliphatic carbocycles. The lowest BCUT2D eigenvalue weighted by molar-refractivity contribution is -0.137. The maximum absolute atomic E-state index is 13.1. The molecule has 7 nitrogen and oxygen atoms in total. The fraction of sp³-hybridized carbons (Fsp3) is 0.545. The molecule has 2 aliphatic heterocycles. The van der Waals surface area contributed by atoms with Gasteiger partial charge in [0.05, 0.1) is 28.5 Å². The van der Waals surface area contributed by atoms with Gasteiger partial charge in [0.1, 0.15) is 6.10 Å². The lowest BCUT2D eigenvalue weighted by atomic mass is 10.2. The quantitative estimate of drug-likeness (QED) is 0.651. The molecule has 2 atom stereocenters. The molecule has 3 aliphatic rings. The summed E-state index contributed by atoms with van der Waals surface area (Å²) >= 11 is 0. The number of benzene rings is 1. The molecular weight excluding hydrogens is 457 g/mol. The molecule has 11 heteroatoms. The molecule has 0 radical (unpaired) electrons. The van der Waals surface area contributed by atoms with Crippen LogP contribution in [-0.2, 0) is 16.2 Å². The van der Waals surface area contributed by atoms with Crippen LogP contribution in [0.15, 0.2) is 41.6 Å². The number of nitrogens with zero attached hydrogens (tertiary/aromatic N) is 4. The average molecular weight is 483 g/mol. The normalized spacial score (nSPS) is 24.9. The predicted octanol–water partition coefficient (Wildman–Crippen LogP) is 3.29. The summed E-state index contributed by atoms with van der Waals surface area (Å²) in [6.07, 6.45) is 2.37. The summed E-state index contributed by atoms with van der Waals surface area (Å²) in [5.74, 6) is 0.990. The Morgan fingerprint density at radius 3 is 2.39 bits per heavy atom. The SMILES string of the molecule is O=S(=O)(c1ccc(C(F)(F)F)cc1)N1CCCN2C[C@H](Oc3cnc(C4CC4)cn3)C[C@@H]2C1. The van der Waals surface area contributed by atoms with Gasteiger partial charge in [0, 0.05) is 38.0 Å². The Bertz CT molecular complexity index is 1090. The number of ether oxygens (including phenoxy) is 1. The summed E-state index contributed by atoms with van der Waals surface area (Å²) in [6.45, 7) is 2.01. The van der Waals surface area contributed by atoms with Crippen molar-refractivity contribution in [3.05, 3.63) is 47.9 Å². The van der Waals surface area contributed by atoms with Crippen molar-refractivity contribution < 1.29 is 26.3 Å². The number of sulfonamides is 1. The Morgan fingerprint density at radius 2 is 1.76 bits per heavy atom. The van der Waals surface area contributed by atoms with Crippen molar-refractivity contribution >= 4 is 10.0 Å². The number of hydrogen-bond acceptors (Lipinski definition) is 6. The molecule has 0 spiro atoms. The molecule has 1 aromatic heterocycles. The molecule has 5 rings (SSSR count). The first-order valence-electron chi connectivity index (χ1n) is 11.1. The Balaban J connectivity index is 1.25. The summed E-state index contributed by atoms with van der Waals surface area (Å²) in [5, 5.41) is 0. The third-order valence-corrected chi connectivity index (χ3v) is 8.39. The van der Waals surface area contributed by atoms with Gasteiger partial charge in [0.2, 0.25) is 15.9 Å². The van der Waals surface area contributed by atoms with Crippen LogP contribution in [0.25, 0.3) is 0 Å². The van der Waals surface area contributed by atoms with Crippen LogP contribution in [0.3, 0.4) is 0 Å². The molecule has 1 aromatic carbocycles. The Labute approximate surface area is 190 Å². The fourth-order valence-electron chi connectivity index (χ4n) is 4.59. The van der Waals surface area contributed by atoms with Gasteiger partial charge >= 0.3 is 6.18 Å². The minimum atomic E-state index is -4.51. The number of aromatic nitrogens is 2. The van der Waals surface area contributed by atoms with E-state index < -0.39 is 21.8 Å². The lowest BCUT2D eigenvalue weighted by Gasteiger charge is -2.25. The van der Waals surface area contributed by atoms with E-state index in [9.17, 15) is 21.6 Å². The van der Waals surface area contributed by atoms with Crippen molar-refractivity contribution in [1.29, 1.82) is 0 Å². The molecule has 0 amide bonds. The van der Waals surface area contributed by atoms with Gasteiger partial charge in [0.25, 0.3) is 0 Å². The van der Waals surface area contributed by atoms with Gasteiger partial charge in [0.15, 0.2) is 0 Å². The predicted molar refractivity (Wildman–Crippen MR) is 113 cm³/mol. The van der Waals surface area contributed by atoms with E-state index in [2.05, 4.69) is 14.9 Å². The molecule has 0 bridgehead atoms. The first-order valence-corrected chi connectivity index (χ1v) is 12.5. The molecule has 3 heterocycles. The van der Waals surface area contributed by atoms with Gasteiger partial charge < -0.3 is 4.74 Å². The number of hydrogen-bond donors (Lipinski definition) is 0. The van der Waals surface area contributed by atoms with Crippen molar-refractivity contribution in [2.75, 3.05) is 26.2 Å². The summed E-state index contributed by atoms with van der Waals surface area (Å²) < 4.78 is 72.2. The Morgan fingerprint density at radius 1 is 1.00 bits per heavy atom. The van der Waals surface area contributed by atoms with Crippen LogP contribution in [0.5, 0.6) is 5.88 Å². The largest absolute Gasteiger partial charge is 0.472 e. The van der Waals surface area contributed by atoms with E-state index in [0.29, 0.717) is 37.7 Å². The van der Waals surface area contributed by atoms with E-state index in [1.54, 1.807) is 12.4 Å². The Hall–Kier alpha value is -2.24. The lowest BCUT2D eigenvalue weighted by Crippen LogP contribution is -2.39. The van der Waals surface area contributed by atoms with Crippen LogP contribution in [-0.4, -0.2) is 65.9 Å². The minimum Gasteiger partial charge on any atom is -0.472 e. The number of halogens is 3. The van der Waals surface area contributed by atoms with E-state index in [1.165, 1.54) is 4.31 Å². The summed E-state index contributed by atoms with van der Waals surface area (Å²) in [4.78, 5) is 10.9. The standard InChI is InChI=1S/C22H25F3N4O3S/c23-22(24,25)16-4-6-19(7-5-16)33(30,31)29-9-1-8-28-14-18(10-17(28)13-29)32-21-12-26-20(11-27-21)15-2-3-15/h4-7,11-12,15,17-18H,1-3,8-10,13-14H2/t17-,18-/m1/s1. The fourth-order valence-corrected chi connectivity index (χ4v) is 6.11. The van der Waals surface area contributed by atoms with Gasteiger partial charge in [-0.25, -0.2) is 13.4 Å². The average Bonchev–Trinajstić information content (AvgIpc) is 3.59. The van der Waals surface area contributed by atoms with Crippen LogP contribution in [0, 0.1) is 0 Å². The molecule has 2 aromatic rings. The van der Waals surface area contributed by atoms with Gasteiger partial charge in [-0.3, -0.25) is 9.88 Å². The minimum absolute atomic E-state index is 0.0274. The maximum atomic E-state index is 13.1. The zero-order valence-electron chi connectivity index (χ0n) is 17.9. The molecule has 1 saturated carbocycles. The highest BCUT2D eigenvalue weighted by Gasteiger charge is 2.39. The van der Waals surface area contributed by atoms with Gasteiger partial charge in [-0.2, -0.15) is 17.5 Å². The van der Waals surface area contributed by atoms with Crippen LogP contribution in [0.4, 0.5) is 13.2 Å². The third kappa shape index (κ3) is 4.85. The second-order valence-corrected chi connectivity index (χ2v) is 10.9. The highest BCUT2D eigenvalue weighted by molar-refractivity contribution is 7.89. The van der Waals surface area contributed by atoms with Crippen molar-refractivity contribution in [3.8, 4) is 5.88 Å². The van der Waals surface area contributed by atoms with Gasteiger partial charge in [-0.05, 0) is 50.1 Å². The van der Waals surface area contributed by atoms with Crippen molar-refractivity contribution in [2.45, 2.75) is 54.8 Å². The zero-order valence-corrected chi connectivity index (χ0v) is 18.7. The van der Waals surface area contributed by atoms with Crippen molar-refractivity contribution in [3.63, 3.8) is 0 Å². The number of rotatable bonds is 5. The monoisotopic (exact) mass is 482 g/mol. The Kier molecular flexibility index (Phi) is 5.82. The summed E-state index contributed by atoms with van der Waals surface area (Å²) in [7, 11) is -3.89. The molecule has 178 valence electrons. The summed E-state index contributed by atoms with van der Waals surface area (Å²) in [6, 6.07) is 3.66. The molecule has 3 fully saturated rings. The van der Waals surface area contributed by atoms with Gasteiger partial charge in [-0.1, -0.05) is 0 Å². The van der Waals surface area contributed by atoms with E-state index in [0.717, 1.165) is 49.3 Å². The van der Waals surface area contributed by atoms with Crippen molar-refractivity contribution in [2.24, 2.45) is 0 Å². The van der Waals surface area contributed by atoms with Crippen LogP contribution in [0.1, 0.15) is 42.9 Å². The van der Waals surface area contributed by atoms with E-state index in [1.807, 2.05) is 0 Å².